The molecule has 2 aromatic carbocycles. The van der Waals surface area contributed by atoms with Crippen molar-refractivity contribution in [2.75, 3.05) is 7.11 Å². The first-order valence-corrected chi connectivity index (χ1v) is 11.4. The van der Waals surface area contributed by atoms with Gasteiger partial charge in [-0.25, -0.2) is 0 Å². The van der Waals surface area contributed by atoms with Crippen LogP contribution >= 0.6 is 0 Å². The van der Waals surface area contributed by atoms with Crippen molar-refractivity contribution in [2.45, 2.75) is 45.1 Å². The number of allylic oxidation sites excluding steroid dienone is 3. The summed E-state index contributed by atoms with van der Waals surface area (Å²) in [7, 11) is 1.54. The normalized spacial score (nSPS) is 18.3. The number of nitro groups is 1. The molecule has 0 fully saturated rings. The van der Waals surface area contributed by atoms with E-state index in [4.69, 9.17) is 9.47 Å². The van der Waals surface area contributed by atoms with Crippen LogP contribution in [0.1, 0.15) is 46.3 Å². The number of fused-ring (bicyclic) bond motifs is 3. The molecule has 0 saturated heterocycles. The molecule has 5 rings (SSSR count). The van der Waals surface area contributed by atoms with Crippen LogP contribution in [0.4, 0.5) is 11.4 Å². The Morgan fingerprint density at radius 2 is 2.03 bits per heavy atom. The summed E-state index contributed by atoms with van der Waals surface area (Å²) in [6.45, 7) is -0.0337. The molecule has 0 saturated carbocycles. The number of nitro benzene ring substituents is 1. The maximum Gasteiger partial charge on any atom is 0.270 e. The van der Waals surface area contributed by atoms with Gasteiger partial charge in [0.25, 0.3) is 11.6 Å². The highest BCUT2D eigenvalue weighted by Gasteiger charge is 2.37. The van der Waals surface area contributed by atoms with E-state index in [1.165, 1.54) is 24.8 Å². The van der Waals surface area contributed by atoms with Crippen molar-refractivity contribution in [1.82, 2.24) is 4.90 Å². The van der Waals surface area contributed by atoms with Gasteiger partial charge in [-0.3, -0.25) is 19.9 Å². The highest BCUT2D eigenvalue weighted by molar-refractivity contribution is 6.04. The number of hydrogen-bond acceptors (Lipinski definition) is 7. The third kappa shape index (κ3) is 4.36. The molecule has 0 radical (unpaired) electrons. The number of aliphatic hydroxyl groups is 1. The van der Waals surface area contributed by atoms with E-state index in [0.717, 1.165) is 25.0 Å². The summed E-state index contributed by atoms with van der Waals surface area (Å²) in [6.07, 6.45) is 8.63. The topological polar surface area (TPSA) is 114 Å². The predicted molar refractivity (Wildman–Crippen MR) is 129 cm³/mol. The first-order valence-electron chi connectivity index (χ1n) is 11.4. The summed E-state index contributed by atoms with van der Waals surface area (Å²) >= 11 is 0. The molecule has 2 aliphatic heterocycles. The molecule has 0 unspecified atom stereocenters. The molecule has 1 N–H and O–H groups in total. The Labute approximate surface area is 202 Å². The maximum atomic E-state index is 13.5. The van der Waals surface area contributed by atoms with Crippen LogP contribution in [0.3, 0.4) is 0 Å². The van der Waals surface area contributed by atoms with E-state index in [0.29, 0.717) is 33.7 Å². The van der Waals surface area contributed by atoms with Crippen LogP contribution < -0.4 is 4.74 Å². The summed E-state index contributed by atoms with van der Waals surface area (Å²) < 4.78 is 11.4. The van der Waals surface area contributed by atoms with Crippen LogP contribution in [0.2, 0.25) is 0 Å². The van der Waals surface area contributed by atoms with Crippen molar-refractivity contribution in [2.24, 2.45) is 4.99 Å². The number of hydrogen-bond donors (Lipinski definition) is 1. The monoisotopic (exact) mass is 475 g/mol. The Hall–Kier alpha value is -3.82. The van der Waals surface area contributed by atoms with Gasteiger partial charge in [0.2, 0.25) is 0 Å². The standard InChI is InChI=1S/C26H25N3O6/c1-34-25-11-22-23(27-12-21-9-18-4-2-3-5-24(18)28(21)26(22)31)10-19(25)15-35-14-17-6-16(13-30)7-20(8-17)29(32)33/h2,4,6-8,10-12,21,30H,3,5,9,13-15H2,1H3/t21-/m0/s1. The fourth-order valence-electron chi connectivity index (χ4n) is 4.86. The highest BCUT2D eigenvalue weighted by Crippen LogP contribution is 2.40. The lowest BCUT2D eigenvalue weighted by Gasteiger charge is -2.25. The van der Waals surface area contributed by atoms with Crippen LogP contribution in [-0.4, -0.2) is 40.2 Å². The van der Waals surface area contributed by atoms with Gasteiger partial charge in [-0.2, -0.15) is 0 Å². The van der Waals surface area contributed by atoms with Crippen molar-refractivity contribution in [3.8, 4) is 5.75 Å². The molecule has 35 heavy (non-hydrogen) atoms. The van der Waals surface area contributed by atoms with Crippen LogP contribution in [0.5, 0.6) is 5.75 Å². The lowest BCUT2D eigenvalue weighted by Crippen LogP contribution is -2.35. The summed E-state index contributed by atoms with van der Waals surface area (Å²) in [4.78, 5) is 30.7. The molecule has 9 heteroatoms. The molecule has 2 heterocycles. The van der Waals surface area contributed by atoms with Gasteiger partial charge < -0.3 is 19.5 Å². The van der Waals surface area contributed by atoms with E-state index in [9.17, 15) is 20.0 Å². The smallest absolute Gasteiger partial charge is 0.270 e. The number of ether oxygens (including phenoxy) is 2. The van der Waals surface area contributed by atoms with Crippen molar-refractivity contribution in [1.29, 1.82) is 0 Å². The number of methoxy groups -OCH3 is 1. The summed E-state index contributed by atoms with van der Waals surface area (Å²) in [5.41, 5.74) is 4.97. The van der Waals surface area contributed by atoms with Gasteiger partial charge in [-0.1, -0.05) is 18.2 Å². The molecular weight excluding hydrogens is 450 g/mol. The number of non-ortho nitro benzene ring substituents is 1. The van der Waals surface area contributed by atoms with E-state index in [2.05, 4.69) is 17.1 Å². The first kappa shape index (κ1) is 22.9. The second-order valence-electron chi connectivity index (χ2n) is 8.73. The molecule has 2 aromatic rings. The number of carbonyl (C=O) groups excluding carboxylic acids is 1. The van der Waals surface area contributed by atoms with Gasteiger partial charge >= 0.3 is 0 Å². The average molecular weight is 476 g/mol. The second-order valence-corrected chi connectivity index (χ2v) is 8.73. The SMILES string of the molecule is COc1cc2c(cc1COCc1cc(CO)cc([N+](=O)[O-])c1)N=C[C@@H]1CC3=C(CCC=C3)N1C2=O. The minimum atomic E-state index is -0.499. The number of rotatable bonds is 7. The third-order valence-electron chi connectivity index (χ3n) is 6.48. The van der Waals surface area contributed by atoms with Crippen molar-refractivity contribution in [3.63, 3.8) is 0 Å². The minimum Gasteiger partial charge on any atom is -0.496 e. The maximum absolute atomic E-state index is 13.5. The fourth-order valence-corrected chi connectivity index (χ4v) is 4.86. The van der Waals surface area contributed by atoms with E-state index >= 15 is 0 Å². The molecule has 3 aliphatic rings. The lowest BCUT2D eigenvalue weighted by atomic mass is 10.0. The Morgan fingerprint density at radius 3 is 2.80 bits per heavy atom. The van der Waals surface area contributed by atoms with E-state index in [1.807, 2.05) is 11.1 Å². The molecule has 9 nitrogen and oxygen atoms in total. The molecule has 0 bridgehead atoms. The number of aliphatic imine (C=N–C) groups is 1. The summed E-state index contributed by atoms with van der Waals surface area (Å²) in [6, 6.07) is 7.84. The second kappa shape index (κ2) is 9.44. The fraction of sp³-hybridized carbons (Fsp3) is 0.308. The Balaban J connectivity index is 1.37. The zero-order valence-corrected chi connectivity index (χ0v) is 19.3. The Kier molecular flexibility index (Phi) is 6.19. The summed E-state index contributed by atoms with van der Waals surface area (Å²) in [5.74, 6) is 0.430. The average Bonchev–Trinajstić information content (AvgIpc) is 3.19. The molecular formula is C26H25N3O6. The van der Waals surface area contributed by atoms with Gasteiger partial charge in [0.05, 0.1) is 49.1 Å². The number of nitrogens with zero attached hydrogens (tertiary/aromatic N) is 3. The summed E-state index contributed by atoms with van der Waals surface area (Å²) in [5, 5.41) is 20.5. The van der Waals surface area contributed by atoms with Gasteiger partial charge in [-0.15, -0.1) is 0 Å². The molecule has 1 aliphatic carbocycles. The van der Waals surface area contributed by atoms with Crippen LogP contribution in [-0.2, 0) is 24.6 Å². The number of carbonyl (C=O) groups is 1. The molecule has 1 amide bonds. The van der Waals surface area contributed by atoms with Crippen molar-refractivity contribution in [3.05, 3.63) is 86.1 Å². The van der Waals surface area contributed by atoms with Crippen LogP contribution in [0, 0.1) is 10.1 Å². The first-order chi connectivity index (χ1) is 17.0. The number of aliphatic hydroxyl groups excluding tert-OH is 1. The Morgan fingerprint density at radius 1 is 1.20 bits per heavy atom. The van der Waals surface area contributed by atoms with Gasteiger partial charge in [-0.05, 0) is 41.7 Å². The van der Waals surface area contributed by atoms with Gasteiger partial charge in [0.1, 0.15) is 5.75 Å². The predicted octanol–water partition coefficient (Wildman–Crippen LogP) is 4.35. The number of amides is 1. The number of benzene rings is 2. The third-order valence-corrected chi connectivity index (χ3v) is 6.48. The Bertz CT molecular complexity index is 1300. The molecule has 1 atom stereocenters. The highest BCUT2D eigenvalue weighted by atomic mass is 16.6. The zero-order chi connectivity index (χ0) is 24.5. The molecule has 0 spiro atoms. The quantitative estimate of drug-likeness (QED) is 0.470. The van der Waals surface area contributed by atoms with E-state index < -0.39 is 4.92 Å². The van der Waals surface area contributed by atoms with Gasteiger partial charge in [0, 0.05) is 36.0 Å². The molecule has 180 valence electrons. The van der Waals surface area contributed by atoms with Crippen molar-refractivity contribution >= 4 is 23.5 Å². The van der Waals surface area contributed by atoms with Crippen molar-refractivity contribution < 1.29 is 24.3 Å². The van der Waals surface area contributed by atoms with Gasteiger partial charge in [0.15, 0.2) is 0 Å². The van der Waals surface area contributed by atoms with E-state index in [-0.39, 0.29) is 37.5 Å². The molecule has 0 aromatic heterocycles. The minimum absolute atomic E-state index is 0.0818. The van der Waals surface area contributed by atoms with Crippen LogP contribution in [0.15, 0.2) is 58.7 Å². The van der Waals surface area contributed by atoms with Crippen LogP contribution in [0.25, 0.3) is 0 Å². The lowest BCUT2D eigenvalue weighted by molar-refractivity contribution is -0.385. The van der Waals surface area contributed by atoms with E-state index in [1.54, 1.807) is 18.2 Å². The largest absolute Gasteiger partial charge is 0.496 e. The zero-order valence-electron chi connectivity index (χ0n) is 19.3.